The molecule has 7 heteroatoms. The number of benzene rings is 2. The Morgan fingerprint density at radius 1 is 1.21 bits per heavy atom. The maximum absolute atomic E-state index is 12.2. The number of methoxy groups -OCH3 is 1. The lowest BCUT2D eigenvalue weighted by molar-refractivity contribution is -0.127. The summed E-state index contributed by atoms with van der Waals surface area (Å²) in [7, 11) is 1.61. The smallest absolute Gasteiger partial charge is 0.253 e. The van der Waals surface area contributed by atoms with Crippen LogP contribution in [0.5, 0.6) is 5.75 Å². The maximum atomic E-state index is 12.2. The van der Waals surface area contributed by atoms with Gasteiger partial charge in [0, 0.05) is 5.69 Å². The van der Waals surface area contributed by atoms with Crippen LogP contribution in [0.15, 0.2) is 42.5 Å². The lowest BCUT2D eigenvalue weighted by Gasteiger charge is -2.14. The van der Waals surface area contributed by atoms with Gasteiger partial charge in [-0.2, -0.15) is 15.4 Å². The molecule has 7 nitrogen and oxygen atoms in total. The van der Waals surface area contributed by atoms with Gasteiger partial charge in [-0.05, 0) is 42.8 Å². The van der Waals surface area contributed by atoms with Crippen molar-refractivity contribution >= 4 is 22.6 Å². The van der Waals surface area contributed by atoms with Crippen molar-refractivity contribution in [2.24, 2.45) is 0 Å². The molecule has 1 amide bonds. The van der Waals surface area contributed by atoms with Crippen LogP contribution >= 0.6 is 0 Å². The summed E-state index contributed by atoms with van der Waals surface area (Å²) in [6, 6.07) is 12.9. The number of amides is 1. The summed E-state index contributed by atoms with van der Waals surface area (Å²) >= 11 is 0. The fourth-order valence-corrected chi connectivity index (χ4v) is 2.22. The van der Waals surface area contributed by atoms with Crippen LogP contribution in [0, 0.1) is 0 Å². The fourth-order valence-electron chi connectivity index (χ4n) is 2.22. The zero-order chi connectivity index (χ0) is 16.9. The SMILES string of the molecule is COc1cccc(CO[C@@H](C)C(=O)Nc2ccc3n[nH]nc3c2)c1. The number of carbonyl (C=O) groups is 1. The predicted molar refractivity (Wildman–Crippen MR) is 89.8 cm³/mol. The minimum absolute atomic E-state index is 0.222. The molecule has 0 radical (unpaired) electrons. The molecular weight excluding hydrogens is 308 g/mol. The first-order chi connectivity index (χ1) is 11.7. The van der Waals surface area contributed by atoms with Crippen molar-refractivity contribution in [1.82, 2.24) is 15.4 Å². The zero-order valence-electron chi connectivity index (χ0n) is 13.4. The van der Waals surface area contributed by atoms with Gasteiger partial charge in [-0.25, -0.2) is 0 Å². The molecule has 124 valence electrons. The van der Waals surface area contributed by atoms with E-state index in [1.165, 1.54) is 0 Å². The van der Waals surface area contributed by atoms with E-state index in [2.05, 4.69) is 20.7 Å². The summed E-state index contributed by atoms with van der Waals surface area (Å²) in [6.45, 7) is 2.04. The largest absolute Gasteiger partial charge is 0.497 e. The van der Waals surface area contributed by atoms with Gasteiger partial charge < -0.3 is 14.8 Å². The predicted octanol–water partition coefficient (Wildman–Crippen LogP) is 2.51. The third-order valence-corrected chi connectivity index (χ3v) is 3.59. The highest BCUT2D eigenvalue weighted by Gasteiger charge is 2.14. The first-order valence-electron chi connectivity index (χ1n) is 7.51. The van der Waals surface area contributed by atoms with Crippen molar-refractivity contribution in [2.75, 3.05) is 12.4 Å². The van der Waals surface area contributed by atoms with Gasteiger partial charge in [0.1, 0.15) is 22.9 Å². The van der Waals surface area contributed by atoms with Gasteiger partial charge >= 0.3 is 0 Å². The molecule has 0 saturated heterocycles. The molecule has 2 N–H and O–H groups in total. The summed E-state index contributed by atoms with van der Waals surface area (Å²) in [6.07, 6.45) is -0.593. The van der Waals surface area contributed by atoms with Crippen molar-refractivity contribution in [1.29, 1.82) is 0 Å². The number of hydrogen-bond donors (Lipinski definition) is 2. The molecular formula is C17H18N4O3. The second-order valence-electron chi connectivity index (χ2n) is 5.32. The Kier molecular flexibility index (Phi) is 4.72. The highest BCUT2D eigenvalue weighted by Crippen LogP contribution is 2.16. The van der Waals surface area contributed by atoms with Gasteiger partial charge in [-0.15, -0.1) is 0 Å². The summed E-state index contributed by atoms with van der Waals surface area (Å²) < 4.78 is 10.8. The fraction of sp³-hybridized carbons (Fsp3) is 0.235. The number of anilines is 1. The molecule has 0 spiro atoms. The van der Waals surface area contributed by atoms with Gasteiger partial charge in [-0.1, -0.05) is 12.1 Å². The lowest BCUT2D eigenvalue weighted by Crippen LogP contribution is -2.27. The summed E-state index contributed by atoms with van der Waals surface area (Å²) in [5.41, 5.74) is 3.03. The number of nitrogens with one attached hydrogen (secondary N) is 2. The molecule has 0 fully saturated rings. The van der Waals surface area contributed by atoms with Crippen LogP contribution < -0.4 is 10.1 Å². The lowest BCUT2D eigenvalue weighted by atomic mass is 10.2. The minimum atomic E-state index is -0.593. The quantitative estimate of drug-likeness (QED) is 0.726. The number of rotatable bonds is 6. The van der Waals surface area contributed by atoms with Crippen LogP contribution in [0.3, 0.4) is 0 Å². The average molecular weight is 326 g/mol. The Labute approximate surface area is 139 Å². The molecule has 0 aliphatic heterocycles. The van der Waals surface area contributed by atoms with Gasteiger partial charge in [-0.3, -0.25) is 4.79 Å². The number of aromatic amines is 1. The number of nitrogens with zero attached hydrogens (tertiary/aromatic N) is 2. The van der Waals surface area contributed by atoms with Crippen LogP contribution in [-0.4, -0.2) is 34.5 Å². The van der Waals surface area contributed by atoms with Gasteiger partial charge in [0.25, 0.3) is 5.91 Å². The number of aromatic nitrogens is 3. The highest BCUT2D eigenvalue weighted by atomic mass is 16.5. The third kappa shape index (κ3) is 3.69. The number of fused-ring (bicyclic) bond motifs is 1. The molecule has 0 saturated carbocycles. The minimum Gasteiger partial charge on any atom is -0.497 e. The molecule has 24 heavy (non-hydrogen) atoms. The molecule has 1 heterocycles. The Morgan fingerprint density at radius 3 is 2.88 bits per heavy atom. The third-order valence-electron chi connectivity index (χ3n) is 3.59. The number of H-pyrrole nitrogens is 1. The standard InChI is InChI=1S/C17H18N4O3/c1-11(24-10-12-4-3-5-14(8-12)23-2)17(22)18-13-6-7-15-16(9-13)20-21-19-15/h3-9,11H,10H2,1-2H3,(H,18,22)(H,19,20,21)/t11-/m0/s1. The monoisotopic (exact) mass is 326 g/mol. The van der Waals surface area contributed by atoms with Crippen LogP contribution in [0.1, 0.15) is 12.5 Å². The number of hydrogen-bond acceptors (Lipinski definition) is 5. The molecule has 3 aromatic rings. The summed E-state index contributed by atoms with van der Waals surface area (Å²) in [5.74, 6) is 0.537. The second kappa shape index (κ2) is 7.10. The Hall–Kier alpha value is -2.93. The van der Waals surface area contributed by atoms with E-state index in [1.54, 1.807) is 32.2 Å². The summed E-state index contributed by atoms with van der Waals surface area (Å²) in [4.78, 5) is 12.2. The Morgan fingerprint density at radius 2 is 2.04 bits per heavy atom. The zero-order valence-corrected chi connectivity index (χ0v) is 13.4. The first-order valence-corrected chi connectivity index (χ1v) is 7.51. The molecule has 0 unspecified atom stereocenters. The molecule has 0 bridgehead atoms. The van der Waals surface area contributed by atoms with E-state index in [-0.39, 0.29) is 5.91 Å². The van der Waals surface area contributed by atoms with E-state index in [0.717, 1.165) is 16.8 Å². The molecule has 1 atom stereocenters. The van der Waals surface area contributed by atoms with Crippen molar-refractivity contribution < 1.29 is 14.3 Å². The van der Waals surface area contributed by atoms with Crippen molar-refractivity contribution in [2.45, 2.75) is 19.6 Å². The average Bonchev–Trinajstić information content (AvgIpc) is 3.07. The van der Waals surface area contributed by atoms with E-state index < -0.39 is 6.10 Å². The van der Waals surface area contributed by atoms with Gasteiger partial charge in [0.05, 0.1) is 13.7 Å². The van der Waals surface area contributed by atoms with Crippen molar-refractivity contribution in [3.63, 3.8) is 0 Å². The Balaban J connectivity index is 1.57. The topological polar surface area (TPSA) is 89.1 Å². The number of carbonyl (C=O) groups excluding carboxylic acids is 1. The summed E-state index contributed by atoms with van der Waals surface area (Å²) in [5, 5.41) is 13.3. The van der Waals surface area contributed by atoms with Gasteiger partial charge in [0.15, 0.2) is 0 Å². The normalized spacial score (nSPS) is 12.1. The van der Waals surface area contributed by atoms with E-state index in [9.17, 15) is 4.79 Å². The number of ether oxygens (including phenoxy) is 2. The van der Waals surface area contributed by atoms with Crippen LogP contribution in [0.25, 0.3) is 11.0 Å². The van der Waals surface area contributed by atoms with Crippen LogP contribution in [0.2, 0.25) is 0 Å². The molecule has 3 rings (SSSR count). The van der Waals surface area contributed by atoms with Crippen LogP contribution in [0.4, 0.5) is 5.69 Å². The Bertz CT molecular complexity index is 846. The van der Waals surface area contributed by atoms with Crippen LogP contribution in [-0.2, 0) is 16.1 Å². The molecule has 0 aliphatic rings. The second-order valence-corrected chi connectivity index (χ2v) is 5.32. The molecule has 2 aromatic carbocycles. The molecule has 0 aliphatic carbocycles. The van der Waals surface area contributed by atoms with Gasteiger partial charge in [0.2, 0.25) is 0 Å². The highest BCUT2D eigenvalue weighted by molar-refractivity contribution is 5.95. The molecule has 1 aromatic heterocycles. The van der Waals surface area contributed by atoms with E-state index >= 15 is 0 Å². The van der Waals surface area contributed by atoms with E-state index in [0.29, 0.717) is 17.8 Å². The van der Waals surface area contributed by atoms with E-state index in [1.807, 2.05) is 24.3 Å². The van der Waals surface area contributed by atoms with Crippen molar-refractivity contribution in [3.8, 4) is 5.75 Å². The first kappa shape index (κ1) is 15.9. The van der Waals surface area contributed by atoms with Crippen molar-refractivity contribution in [3.05, 3.63) is 48.0 Å². The maximum Gasteiger partial charge on any atom is 0.253 e. The van der Waals surface area contributed by atoms with E-state index in [4.69, 9.17) is 9.47 Å².